The van der Waals surface area contributed by atoms with Crippen molar-refractivity contribution >= 4 is 106 Å². The average molecular weight is 710 g/mol. The minimum Gasteiger partial charge on any atom is -0.277 e. The highest BCUT2D eigenvalue weighted by atomic mass is 32.1. The molecule has 0 saturated heterocycles. The van der Waals surface area contributed by atoms with Gasteiger partial charge in [-0.05, 0) is 51.6 Å². The summed E-state index contributed by atoms with van der Waals surface area (Å²) >= 11 is 3.66. The second-order valence-corrected chi connectivity index (χ2v) is 15.8. The average Bonchev–Trinajstić information content (AvgIpc) is 3.91. The van der Waals surface area contributed by atoms with Gasteiger partial charge in [0, 0.05) is 52.0 Å². The number of fused-ring (bicyclic) bond motifs is 14. The van der Waals surface area contributed by atoms with E-state index in [9.17, 15) is 0 Å². The molecule has 246 valence electrons. The molecule has 0 saturated carbocycles. The molecule has 0 aliphatic heterocycles. The van der Waals surface area contributed by atoms with E-state index < -0.39 is 0 Å². The highest BCUT2D eigenvalue weighted by Gasteiger charge is 2.24. The van der Waals surface area contributed by atoms with Crippen molar-refractivity contribution < 1.29 is 0 Å². The van der Waals surface area contributed by atoms with Crippen molar-refractivity contribution in [2.45, 2.75) is 0 Å². The predicted octanol–water partition coefficient (Wildman–Crippen LogP) is 13.9. The van der Waals surface area contributed by atoms with Crippen molar-refractivity contribution in [1.82, 2.24) is 14.5 Å². The van der Waals surface area contributed by atoms with E-state index in [1.54, 1.807) is 11.3 Å². The summed E-state index contributed by atoms with van der Waals surface area (Å²) in [6.45, 7) is 0. The Labute approximate surface area is 311 Å². The number of nitrogens with zero attached hydrogens (tertiary/aromatic N) is 3. The van der Waals surface area contributed by atoms with Gasteiger partial charge in [0.1, 0.15) is 0 Å². The topological polar surface area (TPSA) is 30.7 Å². The van der Waals surface area contributed by atoms with Gasteiger partial charge in [0.25, 0.3) is 0 Å². The molecule has 0 amide bonds. The van der Waals surface area contributed by atoms with Crippen LogP contribution >= 0.6 is 22.7 Å². The lowest BCUT2D eigenvalue weighted by Gasteiger charge is -2.12. The van der Waals surface area contributed by atoms with E-state index >= 15 is 0 Å². The SMILES string of the molecule is c1ccc2cc(-c3ccc(-c4nc(-n5c6ccccc6c6c7sc8ccccc8c7c7ccccc7c65)nc5c4sc4ccccc45)cc3)ccc2c1. The van der Waals surface area contributed by atoms with E-state index in [-0.39, 0.29) is 0 Å². The van der Waals surface area contributed by atoms with Crippen molar-refractivity contribution in [1.29, 1.82) is 0 Å². The normalized spacial score (nSPS) is 12.2. The molecule has 12 aromatic rings. The zero-order valence-electron chi connectivity index (χ0n) is 28.2. The van der Waals surface area contributed by atoms with E-state index in [0.717, 1.165) is 37.9 Å². The molecule has 4 heterocycles. The van der Waals surface area contributed by atoms with Crippen LogP contribution in [0.4, 0.5) is 0 Å². The maximum Gasteiger partial charge on any atom is 0.235 e. The summed E-state index contributed by atoms with van der Waals surface area (Å²) in [6, 6.07) is 59.2. The molecule has 53 heavy (non-hydrogen) atoms. The second-order valence-electron chi connectivity index (χ2n) is 13.7. The van der Waals surface area contributed by atoms with Gasteiger partial charge in [-0.1, -0.05) is 140 Å². The van der Waals surface area contributed by atoms with E-state index in [2.05, 4.69) is 168 Å². The van der Waals surface area contributed by atoms with Gasteiger partial charge in [0.15, 0.2) is 0 Å². The molecule has 0 atom stereocenters. The first kappa shape index (κ1) is 29.2. The number of benzene rings is 8. The first-order valence-corrected chi connectivity index (χ1v) is 19.5. The number of aromatic nitrogens is 3. The first-order chi connectivity index (χ1) is 26.3. The van der Waals surface area contributed by atoms with Crippen LogP contribution < -0.4 is 0 Å². The zero-order valence-corrected chi connectivity index (χ0v) is 29.9. The van der Waals surface area contributed by atoms with E-state index in [0.29, 0.717) is 5.95 Å². The third-order valence-electron chi connectivity index (χ3n) is 10.8. The molecule has 5 heteroatoms. The maximum absolute atomic E-state index is 5.55. The standard InChI is InChI=1S/C48H27N3S2/c1-2-12-31-27-32(26-23-28(31)11-1)29-21-24-30(25-22-29)43-47-44(37-17-7-10-20-40(37)53-47)50-48(49-43)51-38-18-8-5-15-35(38)42-45(51)34-14-4-3-13-33(34)41-36-16-6-9-19-39(36)52-46(41)42/h1-27H. The molecule has 0 radical (unpaired) electrons. The van der Waals surface area contributed by atoms with Gasteiger partial charge >= 0.3 is 0 Å². The Morgan fingerprint density at radius 3 is 1.85 bits per heavy atom. The Balaban J connectivity index is 1.16. The van der Waals surface area contributed by atoms with Crippen LogP contribution in [0.1, 0.15) is 0 Å². The molecule has 0 unspecified atom stereocenters. The van der Waals surface area contributed by atoms with Gasteiger partial charge in [-0.3, -0.25) is 4.57 Å². The van der Waals surface area contributed by atoms with Crippen LogP contribution in [0.15, 0.2) is 164 Å². The summed E-state index contributed by atoms with van der Waals surface area (Å²) < 4.78 is 7.25. The summed E-state index contributed by atoms with van der Waals surface area (Å²) in [6.07, 6.45) is 0. The predicted molar refractivity (Wildman–Crippen MR) is 228 cm³/mol. The Kier molecular flexibility index (Phi) is 6.09. The molecule has 0 aliphatic rings. The summed E-state index contributed by atoms with van der Waals surface area (Å²) in [5, 5.41) is 11.2. The number of thiophene rings is 2. The largest absolute Gasteiger partial charge is 0.277 e. The molecule has 0 bridgehead atoms. The van der Waals surface area contributed by atoms with Crippen LogP contribution in [0.25, 0.3) is 112 Å². The Morgan fingerprint density at radius 1 is 0.415 bits per heavy atom. The second kappa shape index (κ2) is 11.1. The number of para-hydroxylation sites is 1. The van der Waals surface area contributed by atoms with Crippen LogP contribution in [0.2, 0.25) is 0 Å². The minimum absolute atomic E-state index is 0.687. The van der Waals surface area contributed by atoms with Crippen LogP contribution in [0.5, 0.6) is 0 Å². The molecule has 3 nitrogen and oxygen atoms in total. The quantitative estimate of drug-likeness (QED) is 0.183. The van der Waals surface area contributed by atoms with Crippen LogP contribution in [0, 0.1) is 0 Å². The zero-order chi connectivity index (χ0) is 34.6. The smallest absolute Gasteiger partial charge is 0.235 e. The highest BCUT2D eigenvalue weighted by molar-refractivity contribution is 7.27. The van der Waals surface area contributed by atoms with Gasteiger partial charge < -0.3 is 0 Å². The van der Waals surface area contributed by atoms with E-state index in [4.69, 9.17) is 9.97 Å². The van der Waals surface area contributed by atoms with Crippen molar-refractivity contribution in [2.75, 3.05) is 0 Å². The Morgan fingerprint density at radius 2 is 1.02 bits per heavy atom. The van der Waals surface area contributed by atoms with Gasteiger partial charge in [-0.15, -0.1) is 22.7 Å². The molecular formula is C48H27N3S2. The molecule has 0 spiro atoms. The van der Waals surface area contributed by atoms with Gasteiger partial charge in [-0.2, -0.15) is 0 Å². The van der Waals surface area contributed by atoms with Crippen LogP contribution in [-0.4, -0.2) is 14.5 Å². The van der Waals surface area contributed by atoms with Crippen LogP contribution in [-0.2, 0) is 0 Å². The van der Waals surface area contributed by atoms with E-state index in [1.807, 2.05) is 11.3 Å². The molecule has 0 N–H and O–H groups in total. The fourth-order valence-corrected chi connectivity index (χ4v) is 10.8. The minimum atomic E-state index is 0.687. The maximum atomic E-state index is 5.55. The third kappa shape index (κ3) is 4.20. The third-order valence-corrected chi connectivity index (χ3v) is 13.2. The lowest BCUT2D eigenvalue weighted by Crippen LogP contribution is -2.03. The molecule has 4 aromatic heterocycles. The van der Waals surface area contributed by atoms with E-state index in [1.165, 1.54) is 68.3 Å². The molecule has 0 aliphatic carbocycles. The fraction of sp³-hybridized carbons (Fsp3) is 0. The number of hydrogen-bond donors (Lipinski definition) is 0. The molecule has 0 fully saturated rings. The van der Waals surface area contributed by atoms with Gasteiger partial charge in [0.2, 0.25) is 5.95 Å². The molecule has 8 aromatic carbocycles. The van der Waals surface area contributed by atoms with Crippen LogP contribution in [0.3, 0.4) is 0 Å². The van der Waals surface area contributed by atoms with Crippen molar-refractivity contribution in [3.63, 3.8) is 0 Å². The monoisotopic (exact) mass is 709 g/mol. The van der Waals surface area contributed by atoms with Gasteiger partial charge in [0.05, 0.1) is 26.9 Å². The number of hydrogen-bond acceptors (Lipinski definition) is 4. The lowest BCUT2D eigenvalue weighted by molar-refractivity contribution is 1.02. The summed E-state index contributed by atoms with van der Waals surface area (Å²) in [5.74, 6) is 0.687. The molecular weight excluding hydrogens is 683 g/mol. The summed E-state index contributed by atoms with van der Waals surface area (Å²) in [5.41, 5.74) is 7.66. The highest BCUT2D eigenvalue weighted by Crippen LogP contribution is 2.48. The lowest BCUT2D eigenvalue weighted by atomic mass is 9.99. The summed E-state index contributed by atoms with van der Waals surface area (Å²) in [4.78, 5) is 11.0. The first-order valence-electron chi connectivity index (χ1n) is 17.8. The number of rotatable bonds is 3. The van der Waals surface area contributed by atoms with Crippen molar-refractivity contribution in [3.8, 4) is 28.3 Å². The fourth-order valence-electron chi connectivity index (χ4n) is 8.39. The Bertz CT molecular complexity index is 3460. The van der Waals surface area contributed by atoms with Crippen molar-refractivity contribution in [3.05, 3.63) is 164 Å². The van der Waals surface area contributed by atoms with Crippen molar-refractivity contribution in [2.24, 2.45) is 0 Å². The molecule has 12 rings (SSSR count). The Hall–Kier alpha value is -6.40. The van der Waals surface area contributed by atoms with Gasteiger partial charge in [-0.25, -0.2) is 9.97 Å². The summed E-state index contributed by atoms with van der Waals surface area (Å²) in [7, 11) is 0.